The summed E-state index contributed by atoms with van der Waals surface area (Å²) in [6, 6.07) is 8.54. The van der Waals surface area contributed by atoms with E-state index in [1.165, 1.54) is 17.4 Å². The molecule has 0 spiro atoms. The number of hydrogen-bond acceptors (Lipinski definition) is 5. The van der Waals surface area contributed by atoms with Gasteiger partial charge in [-0.2, -0.15) is 0 Å². The Balaban J connectivity index is 1.91. The first-order valence-electron chi connectivity index (χ1n) is 6.50. The highest BCUT2D eigenvalue weighted by Gasteiger charge is 2.09. The van der Waals surface area contributed by atoms with Crippen molar-refractivity contribution in [2.45, 2.75) is 6.92 Å². The van der Waals surface area contributed by atoms with Gasteiger partial charge in [-0.3, -0.25) is 0 Å². The van der Waals surface area contributed by atoms with Crippen molar-refractivity contribution in [1.82, 2.24) is 4.98 Å². The maximum absolute atomic E-state index is 13.8. The Morgan fingerprint density at radius 3 is 2.95 bits per heavy atom. The van der Waals surface area contributed by atoms with Crippen molar-refractivity contribution in [2.75, 3.05) is 17.7 Å². The maximum Gasteiger partial charge on any atom is 0.167 e. The lowest BCUT2D eigenvalue weighted by atomic mass is 10.2. The van der Waals surface area contributed by atoms with Crippen LogP contribution in [0.3, 0.4) is 0 Å². The minimum atomic E-state index is -0.407. The van der Waals surface area contributed by atoms with Crippen LogP contribution in [0.15, 0.2) is 35.8 Å². The van der Waals surface area contributed by atoms with Crippen LogP contribution in [0, 0.1) is 5.82 Å². The number of thiazole rings is 1. The van der Waals surface area contributed by atoms with Gasteiger partial charge in [-0.05, 0) is 31.2 Å². The number of nitrogen functional groups attached to an aromatic ring is 1. The lowest BCUT2D eigenvalue weighted by Crippen LogP contribution is -1.99. The smallest absolute Gasteiger partial charge is 0.167 e. The number of nitrogens with two attached hydrogens (primary N) is 1. The summed E-state index contributed by atoms with van der Waals surface area (Å²) in [5.74, 6) is -0.166. The van der Waals surface area contributed by atoms with Crippen LogP contribution in [0.25, 0.3) is 10.2 Å². The summed E-state index contributed by atoms with van der Waals surface area (Å²) in [5.41, 5.74) is 10.5. The Kier molecular flexibility index (Phi) is 3.62. The molecule has 0 aliphatic rings. The van der Waals surface area contributed by atoms with Crippen LogP contribution in [0.5, 0.6) is 5.75 Å². The monoisotopic (exact) mass is 303 g/mol. The minimum absolute atomic E-state index is 0.242. The van der Waals surface area contributed by atoms with Gasteiger partial charge in [0.1, 0.15) is 5.52 Å². The molecular formula is C15H14FN3OS. The lowest BCUT2D eigenvalue weighted by Gasteiger charge is -2.11. The average molecular weight is 303 g/mol. The molecule has 0 radical (unpaired) electrons. The zero-order chi connectivity index (χ0) is 14.8. The molecule has 4 nitrogen and oxygen atoms in total. The minimum Gasteiger partial charge on any atom is -0.491 e. The topological polar surface area (TPSA) is 60.2 Å². The van der Waals surface area contributed by atoms with Gasteiger partial charge in [0, 0.05) is 11.8 Å². The van der Waals surface area contributed by atoms with Gasteiger partial charge in [0.15, 0.2) is 11.6 Å². The molecule has 108 valence electrons. The Bertz CT molecular complexity index is 788. The van der Waals surface area contributed by atoms with Gasteiger partial charge in [-0.15, -0.1) is 11.3 Å². The summed E-state index contributed by atoms with van der Waals surface area (Å²) in [6.45, 7) is 2.24. The third-order valence-corrected chi connectivity index (χ3v) is 3.85. The number of ether oxygens (including phenoxy) is 1. The van der Waals surface area contributed by atoms with Crippen molar-refractivity contribution in [1.29, 1.82) is 0 Å². The van der Waals surface area contributed by atoms with E-state index in [2.05, 4.69) is 10.3 Å². The largest absolute Gasteiger partial charge is 0.491 e. The van der Waals surface area contributed by atoms with E-state index in [-0.39, 0.29) is 5.75 Å². The molecule has 1 aromatic heterocycles. The molecule has 0 amide bonds. The van der Waals surface area contributed by atoms with Crippen LogP contribution in [-0.4, -0.2) is 11.6 Å². The fourth-order valence-corrected chi connectivity index (χ4v) is 2.76. The normalized spacial score (nSPS) is 10.8. The summed E-state index contributed by atoms with van der Waals surface area (Å²) in [5, 5.41) is 3.11. The second kappa shape index (κ2) is 5.57. The van der Waals surface area contributed by atoms with Gasteiger partial charge < -0.3 is 15.8 Å². The van der Waals surface area contributed by atoms with E-state index in [4.69, 9.17) is 10.5 Å². The first kappa shape index (κ1) is 13.6. The molecule has 0 saturated carbocycles. The number of aromatic nitrogens is 1. The van der Waals surface area contributed by atoms with Crippen LogP contribution in [-0.2, 0) is 0 Å². The van der Waals surface area contributed by atoms with Crippen LogP contribution >= 0.6 is 11.3 Å². The lowest BCUT2D eigenvalue weighted by molar-refractivity contribution is 0.321. The number of fused-ring (bicyclic) bond motifs is 1. The van der Waals surface area contributed by atoms with Crippen LogP contribution in [0.4, 0.5) is 21.5 Å². The molecule has 0 atom stereocenters. The van der Waals surface area contributed by atoms with Gasteiger partial charge in [0.25, 0.3) is 0 Å². The molecule has 0 saturated heterocycles. The first-order valence-corrected chi connectivity index (χ1v) is 7.38. The van der Waals surface area contributed by atoms with E-state index in [9.17, 15) is 4.39 Å². The fourth-order valence-electron chi connectivity index (χ4n) is 2.07. The number of nitrogens with one attached hydrogen (secondary N) is 1. The number of nitrogens with zero attached hydrogens (tertiary/aromatic N) is 1. The fraction of sp³-hybridized carbons (Fsp3) is 0.133. The number of hydrogen-bond donors (Lipinski definition) is 2. The number of benzene rings is 2. The Hall–Kier alpha value is -2.34. The maximum atomic E-state index is 13.8. The SMILES string of the molecule is CCOc1ccc(Nc2ccc3scnc3c2N)cc1F. The molecule has 0 bridgehead atoms. The molecule has 2 aromatic carbocycles. The second-order valence-electron chi connectivity index (χ2n) is 4.43. The van der Waals surface area contributed by atoms with Gasteiger partial charge in [0.05, 0.1) is 28.2 Å². The molecule has 0 aliphatic heterocycles. The van der Waals surface area contributed by atoms with Gasteiger partial charge in [-0.25, -0.2) is 9.37 Å². The summed E-state index contributed by atoms with van der Waals surface area (Å²) in [4.78, 5) is 4.24. The Morgan fingerprint density at radius 1 is 1.33 bits per heavy atom. The van der Waals surface area contributed by atoms with Crippen molar-refractivity contribution in [2.24, 2.45) is 0 Å². The van der Waals surface area contributed by atoms with Crippen molar-refractivity contribution >= 4 is 38.6 Å². The summed E-state index contributed by atoms with van der Waals surface area (Å²) in [7, 11) is 0. The molecule has 3 rings (SSSR count). The average Bonchev–Trinajstić information content (AvgIpc) is 2.94. The standard InChI is InChI=1S/C15H14FN3OS/c1-2-20-12-5-3-9(7-10(12)16)19-11-4-6-13-15(14(11)17)18-8-21-13/h3-8,19H,2,17H2,1H3. The predicted octanol–water partition coefficient (Wildman–Crippen LogP) is 4.16. The number of halogens is 1. The number of rotatable bonds is 4. The summed E-state index contributed by atoms with van der Waals surface area (Å²) < 4.78 is 20.0. The molecule has 3 N–H and O–H groups in total. The van der Waals surface area contributed by atoms with E-state index in [1.807, 2.05) is 19.1 Å². The Morgan fingerprint density at radius 2 is 2.19 bits per heavy atom. The van der Waals surface area contributed by atoms with Crippen LogP contribution < -0.4 is 15.8 Å². The van der Waals surface area contributed by atoms with E-state index in [0.717, 1.165) is 10.2 Å². The van der Waals surface area contributed by atoms with Crippen LogP contribution in [0.1, 0.15) is 6.92 Å². The Labute approximate surface area is 125 Å². The highest BCUT2D eigenvalue weighted by atomic mass is 32.1. The highest BCUT2D eigenvalue weighted by Crippen LogP contribution is 2.32. The molecule has 0 unspecified atom stereocenters. The van der Waals surface area contributed by atoms with Gasteiger partial charge >= 0.3 is 0 Å². The van der Waals surface area contributed by atoms with E-state index >= 15 is 0 Å². The first-order chi connectivity index (χ1) is 10.2. The zero-order valence-corrected chi connectivity index (χ0v) is 12.2. The van der Waals surface area contributed by atoms with Crippen molar-refractivity contribution in [3.8, 4) is 5.75 Å². The molecule has 6 heteroatoms. The van der Waals surface area contributed by atoms with Crippen molar-refractivity contribution in [3.63, 3.8) is 0 Å². The third-order valence-electron chi connectivity index (χ3n) is 3.05. The molecule has 3 aromatic rings. The van der Waals surface area contributed by atoms with Gasteiger partial charge in [-0.1, -0.05) is 0 Å². The number of anilines is 3. The van der Waals surface area contributed by atoms with E-state index in [1.54, 1.807) is 17.6 Å². The molecule has 0 fully saturated rings. The van der Waals surface area contributed by atoms with Crippen molar-refractivity contribution < 1.29 is 9.13 Å². The molecule has 0 aliphatic carbocycles. The van der Waals surface area contributed by atoms with E-state index < -0.39 is 5.82 Å². The summed E-state index contributed by atoms with van der Waals surface area (Å²) >= 11 is 1.53. The second-order valence-corrected chi connectivity index (χ2v) is 5.32. The third kappa shape index (κ3) is 2.62. The summed E-state index contributed by atoms with van der Waals surface area (Å²) in [6.07, 6.45) is 0. The predicted molar refractivity (Wildman–Crippen MR) is 84.9 cm³/mol. The molecule has 21 heavy (non-hydrogen) atoms. The highest BCUT2D eigenvalue weighted by molar-refractivity contribution is 7.16. The molecular weight excluding hydrogens is 289 g/mol. The molecule has 1 heterocycles. The quantitative estimate of drug-likeness (QED) is 0.710. The van der Waals surface area contributed by atoms with E-state index in [0.29, 0.717) is 23.7 Å². The van der Waals surface area contributed by atoms with Crippen LogP contribution in [0.2, 0.25) is 0 Å². The van der Waals surface area contributed by atoms with Crippen molar-refractivity contribution in [3.05, 3.63) is 41.7 Å². The zero-order valence-electron chi connectivity index (χ0n) is 11.4. The van der Waals surface area contributed by atoms with Gasteiger partial charge in [0.2, 0.25) is 0 Å².